The van der Waals surface area contributed by atoms with Gasteiger partial charge in [-0.2, -0.15) is 11.8 Å². The van der Waals surface area contributed by atoms with E-state index in [1.807, 2.05) is 18.2 Å². The highest BCUT2D eigenvalue weighted by atomic mass is 32.2. The number of rotatable bonds is 4. The van der Waals surface area contributed by atoms with Crippen molar-refractivity contribution in [1.82, 2.24) is 10.6 Å². The number of benzene rings is 1. The van der Waals surface area contributed by atoms with Gasteiger partial charge in [0.1, 0.15) is 0 Å². The normalized spacial score (nSPS) is 19.9. The fourth-order valence-electron chi connectivity index (χ4n) is 2.02. The summed E-state index contributed by atoms with van der Waals surface area (Å²) in [6.07, 6.45) is 0. The number of nitrogens with one attached hydrogen (secondary N) is 2. The van der Waals surface area contributed by atoms with E-state index in [0.29, 0.717) is 5.75 Å². The Morgan fingerprint density at radius 2 is 2.15 bits per heavy atom. The number of thioether (sulfide) groups is 1. The minimum atomic E-state index is -0.762. The van der Waals surface area contributed by atoms with E-state index >= 15 is 0 Å². The summed E-state index contributed by atoms with van der Waals surface area (Å²) in [5.41, 5.74) is 0.719. The maximum Gasteiger partial charge on any atom is 0.333 e. The predicted octanol–water partition coefficient (Wildman–Crippen LogP) is 0.722. The van der Waals surface area contributed by atoms with E-state index in [9.17, 15) is 9.59 Å². The molecule has 108 valence electrons. The number of amides is 1. The predicted molar refractivity (Wildman–Crippen MR) is 78.5 cm³/mol. The lowest BCUT2D eigenvalue weighted by Crippen LogP contribution is -2.50. The molecule has 0 spiro atoms. The SMILES string of the molecule is COC(=O)C(NC(=O)C1CSCCN1)c1ccccc1. The molecule has 20 heavy (non-hydrogen) atoms. The molecular weight excluding hydrogens is 276 g/mol. The third-order valence-electron chi connectivity index (χ3n) is 3.09. The van der Waals surface area contributed by atoms with Crippen molar-refractivity contribution in [1.29, 1.82) is 0 Å². The standard InChI is InChI=1S/C14H18N2O3S/c1-19-14(18)12(10-5-3-2-4-6-10)16-13(17)11-9-20-8-7-15-11/h2-6,11-12,15H,7-9H2,1H3,(H,16,17). The molecule has 0 aliphatic carbocycles. The zero-order valence-electron chi connectivity index (χ0n) is 11.3. The number of hydrogen-bond donors (Lipinski definition) is 2. The van der Waals surface area contributed by atoms with Crippen LogP contribution in [0.1, 0.15) is 11.6 Å². The van der Waals surface area contributed by atoms with Crippen LogP contribution in [0.2, 0.25) is 0 Å². The zero-order chi connectivity index (χ0) is 14.4. The molecule has 1 aliphatic rings. The van der Waals surface area contributed by atoms with Crippen molar-refractivity contribution in [3.8, 4) is 0 Å². The van der Waals surface area contributed by atoms with Gasteiger partial charge in [0.25, 0.3) is 0 Å². The molecule has 1 fully saturated rings. The molecule has 2 N–H and O–H groups in total. The first-order valence-electron chi connectivity index (χ1n) is 6.46. The van der Waals surface area contributed by atoms with Crippen LogP contribution in [0.4, 0.5) is 0 Å². The number of hydrogen-bond acceptors (Lipinski definition) is 5. The summed E-state index contributed by atoms with van der Waals surface area (Å²) in [4.78, 5) is 24.1. The third-order valence-corrected chi connectivity index (χ3v) is 4.16. The Kier molecular flexibility index (Phi) is 5.43. The smallest absolute Gasteiger partial charge is 0.333 e. The van der Waals surface area contributed by atoms with Crippen LogP contribution in [0.25, 0.3) is 0 Å². The molecule has 2 rings (SSSR count). The lowest BCUT2D eigenvalue weighted by atomic mass is 10.1. The molecule has 1 aliphatic heterocycles. The highest BCUT2D eigenvalue weighted by Gasteiger charge is 2.28. The molecule has 2 atom stereocenters. The van der Waals surface area contributed by atoms with Crippen molar-refractivity contribution in [2.75, 3.05) is 25.2 Å². The van der Waals surface area contributed by atoms with E-state index in [2.05, 4.69) is 10.6 Å². The minimum Gasteiger partial charge on any atom is -0.467 e. The molecule has 2 unspecified atom stereocenters. The summed E-state index contributed by atoms with van der Waals surface area (Å²) in [5.74, 6) is 1.08. The first-order valence-corrected chi connectivity index (χ1v) is 7.62. The number of ether oxygens (including phenoxy) is 1. The summed E-state index contributed by atoms with van der Waals surface area (Å²) >= 11 is 1.73. The molecule has 1 aromatic rings. The van der Waals surface area contributed by atoms with Gasteiger partial charge < -0.3 is 15.4 Å². The van der Waals surface area contributed by atoms with Gasteiger partial charge in [0.2, 0.25) is 5.91 Å². The second-order valence-corrected chi connectivity index (χ2v) is 5.61. The van der Waals surface area contributed by atoms with E-state index in [0.717, 1.165) is 17.9 Å². The average Bonchev–Trinajstić information content (AvgIpc) is 2.53. The average molecular weight is 294 g/mol. The van der Waals surface area contributed by atoms with Gasteiger partial charge in [-0.05, 0) is 5.56 Å². The number of carbonyl (C=O) groups excluding carboxylic acids is 2. The molecule has 0 radical (unpaired) electrons. The van der Waals surface area contributed by atoms with Crippen LogP contribution in [0.5, 0.6) is 0 Å². The molecule has 5 nitrogen and oxygen atoms in total. The molecule has 6 heteroatoms. The Morgan fingerprint density at radius 1 is 1.40 bits per heavy atom. The van der Waals surface area contributed by atoms with Crippen LogP contribution in [-0.4, -0.2) is 43.1 Å². The molecule has 0 saturated carbocycles. The van der Waals surface area contributed by atoms with Crippen LogP contribution in [0, 0.1) is 0 Å². The Bertz CT molecular complexity index is 461. The second-order valence-electron chi connectivity index (χ2n) is 4.46. The van der Waals surface area contributed by atoms with Crippen molar-refractivity contribution in [3.05, 3.63) is 35.9 Å². The Balaban J connectivity index is 2.08. The monoisotopic (exact) mass is 294 g/mol. The van der Waals surface area contributed by atoms with Crippen LogP contribution < -0.4 is 10.6 Å². The number of methoxy groups -OCH3 is 1. The third kappa shape index (κ3) is 3.74. The van der Waals surface area contributed by atoms with Gasteiger partial charge in [-0.15, -0.1) is 0 Å². The Hall–Kier alpha value is -1.53. The molecule has 1 aromatic carbocycles. The van der Waals surface area contributed by atoms with Crippen molar-refractivity contribution in [2.24, 2.45) is 0 Å². The maximum atomic E-state index is 12.2. The lowest BCUT2D eigenvalue weighted by Gasteiger charge is -2.25. The van der Waals surface area contributed by atoms with Gasteiger partial charge in [-0.1, -0.05) is 30.3 Å². The molecule has 0 bridgehead atoms. The summed E-state index contributed by atoms with van der Waals surface area (Å²) in [6.45, 7) is 0.803. The maximum absolute atomic E-state index is 12.2. The van der Waals surface area contributed by atoms with E-state index in [4.69, 9.17) is 4.74 Å². The van der Waals surface area contributed by atoms with E-state index in [1.54, 1.807) is 23.9 Å². The largest absolute Gasteiger partial charge is 0.467 e. The molecule has 0 aromatic heterocycles. The van der Waals surface area contributed by atoms with Gasteiger partial charge in [-0.3, -0.25) is 4.79 Å². The second kappa shape index (κ2) is 7.31. The molecule has 1 saturated heterocycles. The summed E-state index contributed by atoms with van der Waals surface area (Å²) in [5, 5.41) is 5.91. The molecular formula is C14H18N2O3S. The van der Waals surface area contributed by atoms with Gasteiger partial charge in [0, 0.05) is 18.1 Å². The first kappa shape index (κ1) is 14.9. The fraction of sp³-hybridized carbons (Fsp3) is 0.429. The van der Waals surface area contributed by atoms with Crippen LogP contribution in [0.3, 0.4) is 0 Å². The van der Waals surface area contributed by atoms with Gasteiger partial charge in [-0.25, -0.2) is 4.79 Å². The quantitative estimate of drug-likeness (QED) is 0.801. The van der Waals surface area contributed by atoms with Crippen LogP contribution in [-0.2, 0) is 14.3 Å². The van der Waals surface area contributed by atoms with Gasteiger partial charge >= 0.3 is 5.97 Å². The van der Waals surface area contributed by atoms with E-state index in [1.165, 1.54) is 7.11 Å². The minimum absolute atomic E-state index is 0.170. The van der Waals surface area contributed by atoms with E-state index in [-0.39, 0.29) is 11.9 Å². The first-order chi connectivity index (χ1) is 9.72. The van der Waals surface area contributed by atoms with Crippen LogP contribution in [0.15, 0.2) is 30.3 Å². The Labute approximate surface area is 122 Å². The fourth-order valence-corrected chi connectivity index (χ4v) is 2.95. The summed E-state index contributed by atoms with van der Waals surface area (Å²) < 4.78 is 4.78. The highest BCUT2D eigenvalue weighted by molar-refractivity contribution is 7.99. The molecule has 1 heterocycles. The number of carbonyl (C=O) groups is 2. The van der Waals surface area contributed by atoms with Gasteiger partial charge in [0.05, 0.1) is 13.2 Å². The van der Waals surface area contributed by atoms with Crippen molar-refractivity contribution < 1.29 is 14.3 Å². The number of esters is 1. The van der Waals surface area contributed by atoms with Gasteiger partial charge in [0.15, 0.2) is 6.04 Å². The van der Waals surface area contributed by atoms with Crippen molar-refractivity contribution >= 4 is 23.6 Å². The van der Waals surface area contributed by atoms with Crippen LogP contribution >= 0.6 is 11.8 Å². The van der Waals surface area contributed by atoms with Crippen molar-refractivity contribution in [3.63, 3.8) is 0 Å². The highest BCUT2D eigenvalue weighted by Crippen LogP contribution is 2.15. The topological polar surface area (TPSA) is 67.4 Å². The van der Waals surface area contributed by atoms with E-state index < -0.39 is 12.0 Å². The lowest BCUT2D eigenvalue weighted by molar-refractivity contribution is -0.145. The summed E-state index contributed by atoms with van der Waals surface area (Å²) in [7, 11) is 1.32. The Morgan fingerprint density at radius 3 is 2.75 bits per heavy atom. The molecule has 1 amide bonds. The summed E-state index contributed by atoms with van der Waals surface area (Å²) in [6, 6.07) is 8.08. The van der Waals surface area contributed by atoms with Crippen molar-refractivity contribution in [2.45, 2.75) is 12.1 Å². The zero-order valence-corrected chi connectivity index (χ0v) is 12.1.